The zero-order chi connectivity index (χ0) is 23.3. The van der Waals surface area contributed by atoms with E-state index in [0.717, 1.165) is 5.56 Å². The minimum Gasteiger partial charge on any atom is -0.497 e. The van der Waals surface area contributed by atoms with Crippen LogP contribution in [0.2, 0.25) is 10.0 Å². The molecule has 0 fully saturated rings. The van der Waals surface area contributed by atoms with Crippen LogP contribution in [0.3, 0.4) is 0 Å². The van der Waals surface area contributed by atoms with Crippen LogP contribution >= 0.6 is 23.2 Å². The first-order valence-corrected chi connectivity index (χ1v) is 10.5. The Kier molecular flexibility index (Phi) is 7.96. The molecule has 3 aromatic carbocycles. The van der Waals surface area contributed by atoms with E-state index in [4.69, 9.17) is 42.1 Å². The molecule has 32 heavy (non-hydrogen) atoms. The molecule has 0 spiro atoms. The van der Waals surface area contributed by atoms with Crippen molar-refractivity contribution in [3.05, 3.63) is 75.3 Å². The largest absolute Gasteiger partial charge is 0.497 e. The molecule has 0 radical (unpaired) electrons. The molecule has 0 saturated carbocycles. The third-order valence-electron chi connectivity index (χ3n) is 5.04. The van der Waals surface area contributed by atoms with Gasteiger partial charge >= 0.3 is 0 Å². The van der Waals surface area contributed by atoms with Crippen LogP contribution in [0.5, 0.6) is 23.0 Å². The average molecular weight is 478 g/mol. The Hall–Kier alpha value is -2.80. The summed E-state index contributed by atoms with van der Waals surface area (Å²) >= 11 is 12.5. The fraction of sp³-hybridized carbons (Fsp3) is 0.250. The monoisotopic (exact) mass is 477 g/mol. The number of aliphatic hydroxyl groups excluding tert-OH is 1. The zero-order valence-electron chi connectivity index (χ0n) is 18.2. The fourth-order valence-electron chi connectivity index (χ4n) is 3.44. The van der Waals surface area contributed by atoms with E-state index >= 15 is 0 Å². The number of hydrogen-bond donors (Lipinski definition) is 2. The molecule has 170 valence electrons. The van der Waals surface area contributed by atoms with Gasteiger partial charge < -0.3 is 29.4 Å². The van der Waals surface area contributed by atoms with Gasteiger partial charge in [-0.2, -0.15) is 0 Å². The van der Waals surface area contributed by atoms with Gasteiger partial charge in [-0.1, -0.05) is 23.2 Å². The molecule has 3 aromatic rings. The van der Waals surface area contributed by atoms with Gasteiger partial charge in [-0.3, -0.25) is 0 Å². The Morgan fingerprint density at radius 3 is 2.16 bits per heavy atom. The Morgan fingerprint density at radius 1 is 0.781 bits per heavy atom. The maximum absolute atomic E-state index is 11.3. The minimum atomic E-state index is -1.07. The average Bonchev–Trinajstić information content (AvgIpc) is 2.81. The van der Waals surface area contributed by atoms with E-state index in [9.17, 15) is 5.11 Å². The van der Waals surface area contributed by atoms with Crippen LogP contribution in [0, 0.1) is 0 Å². The lowest BCUT2D eigenvalue weighted by atomic mass is 9.98. The van der Waals surface area contributed by atoms with E-state index in [-0.39, 0.29) is 0 Å². The Balaban J connectivity index is 1.97. The van der Waals surface area contributed by atoms with Gasteiger partial charge in [0, 0.05) is 51.1 Å². The first kappa shape index (κ1) is 23.9. The number of ether oxygens (including phenoxy) is 4. The van der Waals surface area contributed by atoms with Gasteiger partial charge in [0.25, 0.3) is 0 Å². The van der Waals surface area contributed by atoms with Gasteiger partial charge in [0.2, 0.25) is 0 Å². The number of benzene rings is 3. The minimum absolute atomic E-state index is 0.396. The van der Waals surface area contributed by atoms with E-state index in [2.05, 4.69) is 5.32 Å². The number of hydrogen-bond acceptors (Lipinski definition) is 6. The molecular weight excluding hydrogens is 453 g/mol. The van der Waals surface area contributed by atoms with Crippen molar-refractivity contribution in [1.82, 2.24) is 0 Å². The number of aliphatic hydroxyl groups is 1. The highest BCUT2D eigenvalue weighted by molar-refractivity contribution is 6.31. The van der Waals surface area contributed by atoms with Crippen molar-refractivity contribution in [2.75, 3.05) is 33.8 Å². The molecule has 0 aliphatic rings. The number of nitrogens with one attached hydrogen (secondary N) is 1. The molecule has 3 rings (SSSR count). The predicted molar refractivity (Wildman–Crippen MR) is 127 cm³/mol. The van der Waals surface area contributed by atoms with Crippen LogP contribution in [0.4, 0.5) is 5.69 Å². The van der Waals surface area contributed by atoms with Gasteiger partial charge in [-0.15, -0.1) is 0 Å². The third-order valence-corrected chi connectivity index (χ3v) is 5.49. The van der Waals surface area contributed by atoms with Crippen LogP contribution in [0.15, 0.2) is 48.5 Å². The van der Waals surface area contributed by atoms with Crippen molar-refractivity contribution in [2.24, 2.45) is 0 Å². The highest BCUT2D eigenvalue weighted by Crippen LogP contribution is 2.42. The van der Waals surface area contributed by atoms with Crippen molar-refractivity contribution in [3.8, 4) is 23.0 Å². The summed E-state index contributed by atoms with van der Waals surface area (Å²) in [5, 5.41) is 15.5. The lowest BCUT2D eigenvalue weighted by molar-refractivity contribution is 0.213. The summed E-state index contributed by atoms with van der Waals surface area (Å²) < 4.78 is 21.6. The molecule has 1 atom stereocenters. The molecule has 0 saturated heterocycles. The van der Waals surface area contributed by atoms with Crippen LogP contribution in [-0.4, -0.2) is 33.5 Å². The van der Waals surface area contributed by atoms with Crippen LogP contribution in [0.25, 0.3) is 0 Å². The molecule has 8 heteroatoms. The van der Waals surface area contributed by atoms with Gasteiger partial charge in [0.1, 0.15) is 17.6 Å². The summed E-state index contributed by atoms with van der Waals surface area (Å²) in [7, 11) is 6.23. The number of methoxy groups -OCH3 is 4. The molecule has 0 amide bonds. The van der Waals surface area contributed by atoms with E-state index in [1.54, 1.807) is 38.5 Å². The molecule has 0 aliphatic carbocycles. The highest BCUT2D eigenvalue weighted by atomic mass is 35.5. The maximum Gasteiger partial charge on any atom is 0.166 e. The summed E-state index contributed by atoms with van der Waals surface area (Å²) in [5.41, 5.74) is 2.64. The van der Waals surface area contributed by atoms with Crippen molar-refractivity contribution >= 4 is 28.9 Å². The Labute approximate surface area is 197 Å². The van der Waals surface area contributed by atoms with Crippen molar-refractivity contribution < 1.29 is 24.1 Å². The molecule has 6 nitrogen and oxygen atoms in total. The second-order valence-electron chi connectivity index (χ2n) is 6.90. The van der Waals surface area contributed by atoms with Crippen LogP contribution in [0.1, 0.15) is 22.8 Å². The lowest BCUT2D eigenvalue weighted by Crippen LogP contribution is -2.09. The Morgan fingerprint density at radius 2 is 1.50 bits per heavy atom. The number of rotatable bonds is 9. The van der Waals surface area contributed by atoms with E-state index in [1.165, 1.54) is 14.2 Å². The van der Waals surface area contributed by atoms with Gasteiger partial charge in [0.15, 0.2) is 11.5 Å². The second kappa shape index (κ2) is 10.7. The lowest BCUT2D eigenvalue weighted by Gasteiger charge is -2.21. The van der Waals surface area contributed by atoms with E-state index < -0.39 is 6.10 Å². The molecule has 0 bridgehead atoms. The van der Waals surface area contributed by atoms with Gasteiger partial charge in [0.05, 0.1) is 28.4 Å². The molecule has 0 aliphatic heterocycles. The Bertz CT molecular complexity index is 1090. The summed E-state index contributed by atoms with van der Waals surface area (Å²) in [6.45, 7) is 0.449. The summed E-state index contributed by atoms with van der Waals surface area (Å²) in [6, 6.07) is 14.1. The number of halogens is 2. The zero-order valence-corrected chi connectivity index (χ0v) is 19.8. The quantitative estimate of drug-likeness (QED) is 0.410. The molecular formula is C24H25Cl2NO5. The molecule has 2 N–H and O–H groups in total. The fourth-order valence-corrected chi connectivity index (χ4v) is 3.84. The highest BCUT2D eigenvalue weighted by Gasteiger charge is 2.23. The number of anilines is 1. The second-order valence-corrected chi connectivity index (χ2v) is 7.77. The molecule has 0 heterocycles. The van der Waals surface area contributed by atoms with Crippen LogP contribution < -0.4 is 24.3 Å². The maximum atomic E-state index is 11.3. The standard InChI is InChI=1S/C24H25Cl2NO5/c1-29-17-7-5-14(21(12-17)30-2)13-27-20-8-6-15(25)9-18(20)23(28)19-10-16(26)11-22(31-3)24(19)32-4/h5-12,23,27-28H,13H2,1-4H3. The summed E-state index contributed by atoms with van der Waals surface area (Å²) in [6.07, 6.45) is -1.07. The first-order chi connectivity index (χ1) is 15.4. The predicted octanol–water partition coefficient (Wildman–Crippen LogP) is 5.72. The van der Waals surface area contributed by atoms with E-state index in [1.807, 2.05) is 24.3 Å². The first-order valence-electron chi connectivity index (χ1n) is 9.75. The third kappa shape index (κ3) is 5.15. The van der Waals surface area contributed by atoms with Crippen molar-refractivity contribution in [1.29, 1.82) is 0 Å². The summed E-state index contributed by atoms with van der Waals surface area (Å²) in [5.74, 6) is 2.21. The molecule has 0 aromatic heterocycles. The van der Waals surface area contributed by atoms with E-state index in [0.29, 0.717) is 56.4 Å². The van der Waals surface area contributed by atoms with Crippen LogP contribution in [-0.2, 0) is 6.54 Å². The van der Waals surface area contributed by atoms with Gasteiger partial charge in [-0.25, -0.2) is 0 Å². The molecule has 1 unspecified atom stereocenters. The SMILES string of the molecule is COc1ccc(CNc2ccc(Cl)cc2C(O)c2cc(Cl)cc(OC)c2OC)c(OC)c1. The topological polar surface area (TPSA) is 69.2 Å². The summed E-state index contributed by atoms with van der Waals surface area (Å²) in [4.78, 5) is 0. The smallest absolute Gasteiger partial charge is 0.166 e. The van der Waals surface area contributed by atoms with Crippen molar-refractivity contribution in [3.63, 3.8) is 0 Å². The van der Waals surface area contributed by atoms with Crippen molar-refractivity contribution in [2.45, 2.75) is 12.6 Å². The normalized spacial score (nSPS) is 11.6. The van der Waals surface area contributed by atoms with Gasteiger partial charge in [-0.05, 0) is 36.4 Å².